The van der Waals surface area contributed by atoms with Gasteiger partial charge in [-0.05, 0) is 25.0 Å². The van der Waals surface area contributed by atoms with Crippen molar-refractivity contribution in [2.45, 2.75) is 18.9 Å². The first-order valence-electron chi connectivity index (χ1n) is 7.35. The number of benzene rings is 1. The van der Waals surface area contributed by atoms with Crippen molar-refractivity contribution < 1.29 is 9.53 Å². The molecule has 1 saturated heterocycles. The molecule has 1 aromatic carbocycles. The summed E-state index contributed by atoms with van der Waals surface area (Å²) in [4.78, 5) is 15.3. The van der Waals surface area contributed by atoms with E-state index in [1.54, 1.807) is 12.3 Å². The lowest BCUT2D eigenvalue weighted by atomic mass is 10.1. The molecule has 0 radical (unpaired) electrons. The predicted octanol–water partition coefficient (Wildman–Crippen LogP) is 2.37. The van der Waals surface area contributed by atoms with Gasteiger partial charge < -0.3 is 15.0 Å². The van der Waals surface area contributed by atoms with Gasteiger partial charge in [0.2, 0.25) is 0 Å². The molecule has 22 heavy (non-hydrogen) atoms. The molecule has 0 aliphatic carbocycles. The monoisotopic (exact) mass is 295 g/mol. The van der Waals surface area contributed by atoms with E-state index in [0.29, 0.717) is 6.54 Å². The maximum atomic E-state index is 12.1. The van der Waals surface area contributed by atoms with E-state index in [1.165, 1.54) is 0 Å². The highest BCUT2D eigenvalue weighted by Gasteiger charge is 2.17. The third kappa shape index (κ3) is 3.02. The van der Waals surface area contributed by atoms with E-state index in [4.69, 9.17) is 4.74 Å². The standard InChI is InChI=1S/C17H17N3O2/c18-9-12(17(21)20-11-14-4-3-7-22-14)8-13-10-19-16-6-2-1-5-15(13)16/h1-2,5-6,8,10,14,19H,3-4,7,11H2,(H,20,21)/b12-8+/t14-/m1/s1. The molecule has 2 N–H and O–H groups in total. The molecule has 112 valence electrons. The summed E-state index contributed by atoms with van der Waals surface area (Å²) in [7, 11) is 0. The smallest absolute Gasteiger partial charge is 0.262 e. The number of fused-ring (bicyclic) bond motifs is 1. The van der Waals surface area contributed by atoms with Crippen molar-refractivity contribution in [3.63, 3.8) is 0 Å². The number of aromatic amines is 1. The minimum Gasteiger partial charge on any atom is -0.376 e. The van der Waals surface area contributed by atoms with Crippen molar-refractivity contribution in [1.82, 2.24) is 10.3 Å². The average molecular weight is 295 g/mol. The van der Waals surface area contributed by atoms with Crippen LogP contribution in [0.3, 0.4) is 0 Å². The van der Waals surface area contributed by atoms with E-state index in [-0.39, 0.29) is 17.6 Å². The van der Waals surface area contributed by atoms with Gasteiger partial charge in [0, 0.05) is 35.8 Å². The molecule has 2 aromatic rings. The number of nitrogens with one attached hydrogen (secondary N) is 2. The molecular weight excluding hydrogens is 278 g/mol. The first-order chi connectivity index (χ1) is 10.8. The van der Waals surface area contributed by atoms with Crippen molar-refractivity contribution in [2.75, 3.05) is 13.2 Å². The first-order valence-corrected chi connectivity index (χ1v) is 7.35. The Balaban J connectivity index is 1.75. The molecule has 1 fully saturated rings. The summed E-state index contributed by atoms with van der Waals surface area (Å²) in [6, 6.07) is 9.75. The molecule has 0 saturated carbocycles. The summed E-state index contributed by atoms with van der Waals surface area (Å²) >= 11 is 0. The van der Waals surface area contributed by atoms with E-state index >= 15 is 0 Å². The van der Waals surface area contributed by atoms with Crippen LogP contribution in [0.15, 0.2) is 36.0 Å². The molecule has 0 spiro atoms. The SMILES string of the molecule is N#C/C(=C\c1c[nH]c2ccccc12)C(=O)NC[C@H]1CCCO1. The highest BCUT2D eigenvalue weighted by atomic mass is 16.5. The van der Waals surface area contributed by atoms with Crippen molar-refractivity contribution in [3.05, 3.63) is 41.6 Å². The Bertz CT molecular complexity index is 749. The van der Waals surface area contributed by atoms with Crippen LogP contribution in [0.5, 0.6) is 0 Å². The number of nitrogens with zero attached hydrogens (tertiary/aromatic N) is 1. The number of H-pyrrole nitrogens is 1. The van der Waals surface area contributed by atoms with Gasteiger partial charge >= 0.3 is 0 Å². The van der Waals surface area contributed by atoms with Crippen LogP contribution >= 0.6 is 0 Å². The van der Waals surface area contributed by atoms with Gasteiger partial charge in [0.05, 0.1) is 6.10 Å². The van der Waals surface area contributed by atoms with Crippen molar-refractivity contribution in [2.24, 2.45) is 0 Å². The molecule has 2 heterocycles. The van der Waals surface area contributed by atoms with Gasteiger partial charge in [0.1, 0.15) is 11.6 Å². The molecule has 1 amide bonds. The fourth-order valence-corrected chi connectivity index (χ4v) is 2.62. The van der Waals surface area contributed by atoms with Crippen LogP contribution in [0.25, 0.3) is 17.0 Å². The summed E-state index contributed by atoms with van der Waals surface area (Å²) in [6.07, 6.45) is 5.46. The molecule has 0 unspecified atom stereocenters. The molecule has 3 rings (SSSR count). The third-order valence-electron chi connectivity index (χ3n) is 3.80. The summed E-state index contributed by atoms with van der Waals surface area (Å²) in [5, 5.41) is 13.0. The Morgan fingerprint density at radius 2 is 2.36 bits per heavy atom. The normalized spacial score (nSPS) is 18.3. The minimum absolute atomic E-state index is 0.0666. The van der Waals surface area contributed by atoms with Crippen LogP contribution in [0.2, 0.25) is 0 Å². The number of nitriles is 1. The minimum atomic E-state index is -0.358. The molecule has 1 atom stereocenters. The first kappa shape index (κ1) is 14.4. The second-order valence-corrected chi connectivity index (χ2v) is 5.30. The number of rotatable bonds is 4. The zero-order valence-electron chi connectivity index (χ0n) is 12.1. The second kappa shape index (κ2) is 6.46. The molecular formula is C17H17N3O2. The fraction of sp³-hybridized carbons (Fsp3) is 0.294. The van der Waals surface area contributed by atoms with Gasteiger partial charge in [-0.1, -0.05) is 18.2 Å². The Labute approximate surface area is 128 Å². The lowest BCUT2D eigenvalue weighted by Crippen LogP contribution is -2.32. The van der Waals surface area contributed by atoms with Gasteiger partial charge in [-0.2, -0.15) is 5.26 Å². The highest BCUT2D eigenvalue weighted by molar-refractivity contribution is 6.03. The average Bonchev–Trinajstić information content (AvgIpc) is 3.20. The lowest BCUT2D eigenvalue weighted by molar-refractivity contribution is -0.117. The van der Waals surface area contributed by atoms with Gasteiger partial charge in [-0.3, -0.25) is 4.79 Å². The Hall–Kier alpha value is -2.58. The summed E-state index contributed by atoms with van der Waals surface area (Å²) in [5.41, 5.74) is 1.91. The Kier molecular flexibility index (Phi) is 4.22. The van der Waals surface area contributed by atoms with Gasteiger partial charge in [-0.15, -0.1) is 0 Å². The summed E-state index contributed by atoms with van der Waals surface area (Å²) in [5.74, 6) is -0.358. The number of para-hydroxylation sites is 1. The van der Waals surface area contributed by atoms with Crippen molar-refractivity contribution in [3.8, 4) is 6.07 Å². The predicted molar refractivity (Wildman–Crippen MR) is 83.9 cm³/mol. The topological polar surface area (TPSA) is 77.9 Å². The van der Waals surface area contributed by atoms with Crippen LogP contribution < -0.4 is 5.32 Å². The zero-order chi connectivity index (χ0) is 15.4. The molecule has 1 aliphatic rings. The van der Waals surface area contributed by atoms with Gasteiger partial charge in [-0.25, -0.2) is 0 Å². The third-order valence-corrected chi connectivity index (χ3v) is 3.80. The number of carbonyl (C=O) groups is 1. The fourth-order valence-electron chi connectivity index (χ4n) is 2.62. The Morgan fingerprint density at radius 1 is 1.50 bits per heavy atom. The quantitative estimate of drug-likeness (QED) is 0.671. The van der Waals surface area contributed by atoms with E-state index < -0.39 is 0 Å². The van der Waals surface area contributed by atoms with Crippen LogP contribution in [0, 0.1) is 11.3 Å². The van der Waals surface area contributed by atoms with Gasteiger partial charge in [0.15, 0.2) is 0 Å². The molecule has 1 aliphatic heterocycles. The number of aromatic nitrogens is 1. The molecule has 1 aromatic heterocycles. The van der Waals surface area contributed by atoms with Crippen LogP contribution in [-0.4, -0.2) is 30.1 Å². The van der Waals surface area contributed by atoms with E-state index in [2.05, 4.69) is 10.3 Å². The highest BCUT2D eigenvalue weighted by Crippen LogP contribution is 2.20. The lowest BCUT2D eigenvalue weighted by Gasteiger charge is -2.10. The second-order valence-electron chi connectivity index (χ2n) is 5.30. The van der Waals surface area contributed by atoms with Crippen molar-refractivity contribution >= 4 is 22.9 Å². The van der Waals surface area contributed by atoms with E-state index in [9.17, 15) is 10.1 Å². The van der Waals surface area contributed by atoms with Crippen LogP contribution in [0.4, 0.5) is 0 Å². The number of amides is 1. The number of hydrogen-bond donors (Lipinski definition) is 2. The molecule has 5 heteroatoms. The maximum Gasteiger partial charge on any atom is 0.262 e. The number of carbonyl (C=O) groups excluding carboxylic acids is 1. The molecule has 0 bridgehead atoms. The van der Waals surface area contributed by atoms with Crippen LogP contribution in [-0.2, 0) is 9.53 Å². The number of ether oxygens (including phenoxy) is 1. The maximum absolute atomic E-state index is 12.1. The van der Waals surface area contributed by atoms with Gasteiger partial charge in [0.25, 0.3) is 5.91 Å². The van der Waals surface area contributed by atoms with Crippen molar-refractivity contribution in [1.29, 1.82) is 5.26 Å². The van der Waals surface area contributed by atoms with E-state index in [0.717, 1.165) is 35.9 Å². The largest absolute Gasteiger partial charge is 0.376 e. The Morgan fingerprint density at radius 3 is 3.14 bits per heavy atom. The zero-order valence-corrected chi connectivity index (χ0v) is 12.1. The van der Waals surface area contributed by atoms with E-state index in [1.807, 2.05) is 30.3 Å². The summed E-state index contributed by atoms with van der Waals surface area (Å²) in [6.45, 7) is 1.20. The van der Waals surface area contributed by atoms with Crippen LogP contribution in [0.1, 0.15) is 18.4 Å². The molecule has 5 nitrogen and oxygen atoms in total. The summed E-state index contributed by atoms with van der Waals surface area (Å²) < 4.78 is 5.46. The number of hydrogen-bond acceptors (Lipinski definition) is 3.